The highest BCUT2D eigenvalue weighted by molar-refractivity contribution is 9.10. The third-order valence-electron chi connectivity index (χ3n) is 3.43. The fourth-order valence-electron chi connectivity index (χ4n) is 2.38. The number of fused-ring (bicyclic) bond motifs is 1. The topological polar surface area (TPSA) is 51.2 Å². The molecule has 5 heteroatoms. The van der Waals surface area contributed by atoms with E-state index in [9.17, 15) is 0 Å². The highest BCUT2D eigenvalue weighted by Gasteiger charge is 2.20. The SMILES string of the molecule is Cc1ccc(C(NN)c2cc3cccc(Cl)c3o2)c(Br)c1. The number of nitrogens with one attached hydrogen (secondary N) is 1. The molecule has 0 fully saturated rings. The summed E-state index contributed by atoms with van der Waals surface area (Å²) in [5.74, 6) is 6.47. The highest BCUT2D eigenvalue weighted by Crippen LogP contribution is 2.34. The van der Waals surface area contributed by atoms with Crippen LogP contribution in [0.2, 0.25) is 5.02 Å². The van der Waals surface area contributed by atoms with Crippen LogP contribution >= 0.6 is 27.5 Å². The fraction of sp³-hybridized carbons (Fsp3) is 0.125. The molecular weight excluding hydrogens is 352 g/mol. The van der Waals surface area contributed by atoms with Crippen molar-refractivity contribution in [2.75, 3.05) is 0 Å². The number of hydrazine groups is 1. The van der Waals surface area contributed by atoms with E-state index in [2.05, 4.69) is 27.4 Å². The van der Waals surface area contributed by atoms with Crippen molar-refractivity contribution in [3.63, 3.8) is 0 Å². The number of nitrogens with two attached hydrogens (primary N) is 1. The number of para-hydroxylation sites is 1. The summed E-state index contributed by atoms with van der Waals surface area (Å²) in [5, 5.41) is 1.55. The minimum atomic E-state index is -0.247. The van der Waals surface area contributed by atoms with Crippen molar-refractivity contribution in [1.82, 2.24) is 5.43 Å². The lowest BCUT2D eigenvalue weighted by atomic mass is 10.0. The molecule has 1 aromatic heterocycles. The molecule has 3 N–H and O–H groups in total. The Kier molecular flexibility index (Phi) is 4.04. The maximum absolute atomic E-state index is 6.16. The lowest BCUT2D eigenvalue weighted by Gasteiger charge is -2.16. The molecule has 0 aliphatic heterocycles. The monoisotopic (exact) mass is 364 g/mol. The largest absolute Gasteiger partial charge is 0.457 e. The lowest BCUT2D eigenvalue weighted by molar-refractivity contribution is 0.476. The number of hydrogen-bond donors (Lipinski definition) is 2. The standard InChI is InChI=1S/C16H14BrClN2O/c1-9-5-6-11(12(17)7-9)15(20-19)14-8-10-3-2-4-13(18)16(10)21-14/h2-8,15,20H,19H2,1H3. The Hall–Kier alpha value is -1.33. The van der Waals surface area contributed by atoms with Gasteiger partial charge in [0.05, 0.1) is 5.02 Å². The molecule has 3 rings (SSSR count). The average Bonchev–Trinajstić information content (AvgIpc) is 2.87. The van der Waals surface area contributed by atoms with E-state index in [1.54, 1.807) is 0 Å². The van der Waals surface area contributed by atoms with Crippen molar-refractivity contribution in [2.24, 2.45) is 5.84 Å². The van der Waals surface area contributed by atoms with Gasteiger partial charge in [0, 0.05) is 9.86 Å². The summed E-state index contributed by atoms with van der Waals surface area (Å²) in [6.07, 6.45) is 0. The van der Waals surface area contributed by atoms with Crippen molar-refractivity contribution in [3.8, 4) is 0 Å². The predicted octanol–water partition coefficient (Wildman–Crippen LogP) is 4.71. The summed E-state index contributed by atoms with van der Waals surface area (Å²) < 4.78 is 6.88. The molecule has 2 aromatic carbocycles. The Balaban J connectivity index is 2.11. The van der Waals surface area contributed by atoms with Crippen molar-refractivity contribution in [1.29, 1.82) is 0 Å². The van der Waals surface area contributed by atoms with E-state index >= 15 is 0 Å². The molecule has 108 valence electrons. The molecule has 0 radical (unpaired) electrons. The van der Waals surface area contributed by atoms with E-state index in [1.807, 2.05) is 43.3 Å². The van der Waals surface area contributed by atoms with Crippen molar-refractivity contribution < 1.29 is 4.42 Å². The molecule has 0 amide bonds. The van der Waals surface area contributed by atoms with Gasteiger partial charge in [-0.25, -0.2) is 5.43 Å². The van der Waals surface area contributed by atoms with E-state index in [0.717, 1.165) is 21.2 Å². The predicted molar refractivity (Wildman–Crippen MR) is 89.3 cm³/mol. The quantitative estimate of drug-likeness (QED) is 0.522. The zero-order valence-corrected chi connectivity index (χ0v) is 13.7. The second-order valence-electron chi connectivity index (χ2n) is 4.93. The van der Waals surface area contributed by atoms with Crippen molar-refractivity contribution in [2.45, 2.75) is 13.0 Å². The second-order valence-corrected chi connectivity index (χ2v) is 6.19. The van der Waals surface area contributed by atoms with E-state index in [-0.39, 0.29) is 6.04 Å². The zero-order valence-electron chi connectivity index (χ0n) is 11.4. The molecule has 21 heavy (non-hydrogen) atoms. The Morgan fingerprint density at radius 3 is 2.71 bits per heavy atom. The molecule has 3 aromatic rings. The van der Waals surface area contributed by atoms with Gasteiger partial charge in [-0.15, -0.1) is 0 Å². The molecular formula is C16H14BrClN2O. The summed E-state index contributed by atoms with van der Waals surface area (Å²) >= 11 is 9.74. The number of benzene rings is 2. The van der Waals surface area contributed by atoms with Crippen LogP contribution in [0.25, 0.3) is 11.0 Å². The first-order valence-corrected chi connectivity index (χ1v) is 7.67. The first-order chi connectivity index (χ1) is 10.1. The second kappa shape index (κ2) is 5.81. The van der Waals surface area contributed by atoms with Crippen molar-refractivity contribution in [3.05, 3.63) is 68.8 Å². The van der Waals surface area contributed by atoms with Gasteiger partial charge in [0.2, 0.25) is 0 Å². The van der Waals surface area contributed by atoms with Crippen LogP contribution in [-0.2, 0) is 0 Å². The van der Waals surface area contributed by atoms with Gasteiger partial charge >= 0.3 is 0 Å². The van der Waals surface area contributed by atoms with Crippen LogP contribution in [0.4, 0.5) is 0 Å². The maximum Gasteiger partial charge on any atom is 0.152 e. The smallest absolute Gasteiger partial charge is 0.152 e. The molecule has 3 nitrogen and oxygen atoms in total. The van der Waals surface area contributed by atoms with E-state index < -0.39 is 0 Å². The molecule has 1 unspecified atom stereocenters. The Morgan fingerprint density at radius 2 is 2.05 bits per heavy atom. The third kappa shape index (κ3) is 2.72. The fourth-order valence-corrected chi connectivity index (χ4v) is 3.32. The van der Waals surface area contributed by atoms with Crippen LogP contribution in [0.3, 0.4) is 0 Å². The van der Waals surface area contributed by atoms with Crippen LogP contribution in [-0.4, -0.2) is 0 Å². The van der Waals surface area contributed by atoms with Crippen LogP contribution in [0.15, 0.2) is 51.4 Å². The van der Waals surface area contributed by atoms with Crippen LogP contribution in [0.1, 0.15) is 22.9 Å². The first-order valence-electron chi connectivity index (χ1n) is 6.50. The summed E-state index contributed by atoms with van der Waals surface area (Å²) in [6, 6.07) is 13.5. The summed E-state index contributed by atoms with van der Waals surface area (Å²) in [4.78, 5) is 0. The molecule has 1 atom stereocenters. The molecule has 1 heterocycles. The molecule has 0 spiro atoms. The normalized spacial score (nSPS) is 12.8. The highest BCUT2D eigenvalue weighted by atomic mass is 79.9. The first kappa shape index (κ1) is 14.6. The minimum Gasteiger partial charge on any atom is -0.457 e. The summed E-state index contributed by atoms with van der Waals surface area (Å²) in [5.41, 5.74) is 5.67. The third-order valence-corrected chi connectivity index (χ3v) is 4.42. The number of rotatable bonds is 3. The van der Waals surface area contributed by atoms with Gasteiger partial charge in [-0.3, -0.25) is 5.84 Å². The van der Waals surface area contributed by atoms with Gasteiger partial charge in [0.1, 0.15) is 11.8 Å². The summed E-state index contributed by atoms with van der Waals surface area (Å²) in [6.45, 7) is 2.04. The number of aryl methyl sites for hydroxylation is 1. The number of hydrogen-bond acceptors (Lipinski definition) is 3. The molecule has 0 bridgehead atoms. The van der Waals surface area contributed by atoms with Crippen LogP contribution in [0, 0.1) is 6.92 Å². The minimum absolute atomic E-state index is 0.247. The van der Waals surface area contributed by atoms with E-state index in [0.29, 0.717) is 10.6 Å². The van der Waals surface area contributed by atoms with Gasteiger partial charge in [-0.1, -0.05) is 51.8 Å². The van der Waals surface area contributed by atoms with E-state index in [1.165, 1.54) is 5.56 Å². The number of halogens is 2. The Bertz CT molecular complexity index is 800. The van der Waals surface area contributed by atoms with Gasteiger partial charge in [0.25, 0.3) is 0 Å². The van der Waals surface area contributed by atoms with Crippen molar-refractivity contribution >= 4 is 38.5 Å². The summed E-state index contributed by atoms with van der Waals surface area (Å²) in [7, 11) is 0. The van der Waals surface area contributed by atoms with Gasteiger partial charge in [-0.05, 0) is 36.2 Å². The van der Waals surface area contributed by atoms with Crippen LogP contribution in [0.5, 0.6) is 0 Å². The van der Waals surface area contributed by atoms with E-state index in [4.69, 9.17) is 21.9 Å². The Labute approximate surface area is 136 Å². The Morgan fingerprint density at radius 1 is 1.24 bits per heavy atom. The zero-order chi connectivity index (χ0) is 15.0. The average molecular weight is 366 g/mol. The van der Waals surface area contributed by atoms with Crippen LogP contribution < -0.4 is 11.3 Å². The molecule has 0 aliphatic rings. The maximum atomic E-state index is 6.16. The molecule has 0 saturated heterocycles. The van der Waals surface area contributed by atoms with Gasteiger partial charge in [-0.2, -0.15) is 0 Å². The lowest BCUT2D eigenvalue weighted by Crippen LogP contribution is -2.28. The van der Waals surface area contributed by atoms with Gasteiger partial charge in [0.15, 0.2) is 5.58 Å². The molecule has 0 aliphatic carbocycles. The number of furan rings is 1. The molecule has 0 saturated carbocycles. The van der Waals surface area contributed by atoms with Gasteiger partial charge < -0.3 is 4.42 Å².